The SMILES string of the molecule is CCCCOc1ccc(/C=C2\SC(Nc3ccccc3)N([C@@H]3CCCC[C@@H]3C)C2=O)cc1OC. The number of nitrogens with one attached hydrogen (secondary N) is 1. The van der Waals surface area contributed by atoms with Gasteiger partial charge in [-0.15, -0.1) is 0 Å². The summed E-state index contributed by atoms with van der Waals surface area (Å²) in [7, 11) is 1.65. The molecule has 2 aliphatic rings. The number of nitrogens with zero attached hydrogens (tertiary/aromatic N) is 1. The van der Waals surface area contributed by atoms with Gasteiger partial charge in [-0.1, -0.05) is 69.1 Å². The topological polar surface area (TPSA) is 50.8 Å². The fourth-order valence-corrected chi connectivity index (χ4v) is 5.95. The van der Waals surface area contributed by atoms with Crippen molar-refractivity contribution in [1.82, 2.24) is 4.90 Å². The molecular formula is C28H36N2O3S. The minimum absolute atomic E-state index is 0.111. The van der Waals surface area contributed by atoms with Gasteiger partial charge in [-0.2, -0.15) is 0 Å². The van der Waals surface area contributed by atoms with Gasteiger partial charge in [0.05, 0.1) is 18.6 Å². The molecule has 1 heterocycles. The summed E-state index contributed by atoms with van der Waals surface area (Å²) >= 11 is 1.60. The molecule has 2 aromatic rings. The Labute approximate surface area is 207 Å². The number of ether oxygens (including phenoxy) is 2. The molecule has 1 saturated heterocycles. The van der Waals surface area contributed by atoms with Crippen molar-refractivity contribution in [2.45, 2.75) is 63.9 Å². The molecule has 0 bridgehead atoms. The Morgan fingerprint density at radius 3 is 2.65 bits per heavy atom. The highest BCUT2D eigenvalue weighted by Crippen LogP contribution is 2.42. The van der Waals surface area contributed by atoms with Crippen LogP contribution in [0.4, 0.5) is 5.69 Å². The van der Waals surface area contributed by atoms with E-state index in [1.165, 1.54) is 19.3 Å². The Balaban J connectivity index is 1.59. The number of thioether (sulfide) groups is 1. The first-order chi connectivity index (χ1) is 16.6. The first kappa shape index (κ1) is 24.5. The van der Waals surface area contributed by atoms with E-state index >= 15 is 0 Å². The molecule has 1 unspecified atom stereocenters. The Bertz CT molecular complexity index is 994. The van der Waals surface area contributed by atoms with Gasteiger partial charge in [-0.3, -0.25) is 4.79 Å². The van der Waals surface area contributed by atoms with E-state index in [9.17, 15) is 4.79 Å². The van der Waals surface area contributed by atoms with Gasteiger partial charge < -0.3 is 19.7 Å². The van der Waals surface area contributed by atoms with Crippen LogP contribution in [0.15, 0.2) is 53.4 Å². The van der Waals surface area contributed by atoms with Crippen LogP contribution in [0.5, 0.6) is 11.5 Å². The van der Waals surface area contributed by atoms with Gasteiger partial charge >= 0.3 is 0 Å². The third kappa shape index (κ3) is 5.72. The number of amides is 1. The van der Waals surface area contributed by atoms with Crippen LogP contribution in [0, 0.1) is 5.92 Å². The van der Waals surface area contributed by atoms with Gasteiger partial charge in [0.2, 0.25) is 0 Å². The zero-order chi connectivity index (χ0) is 23.9. The first-order valence-corrected chi connectivity index (χ1v) is 13.3. The summed E-state index contributed by atoms with van der Waals surface area (Å²) in [5, 5.41) is 3.60. The van der Waals surface area contributed by atoms with Crippen LogP contribution >= 0.6 is 11.8 Å². The van der Waals surface area contributed by atoms with Crippen molar-refractivity contribution in [3.63, 3.8) is 0 Å². The molecule has 1 N–H and O–H groups in total. The highest BCUT2D eigenvalue weighted by Gasteiger charge is 2.42. The van der Waals surface area contributed by atoms with Crippen LogP contribution in [0.25, 0.3) is 6.08 Å². The third-order valence-electron chi connectivity index (χ3n) is 6.66. The maximum absolute atomic E-state index is 13.7. The van der Waals surface area contributed by atoms with Gasteiger partial charge in [0, 0.05) is 11.7 Å². The van der Waals surface area contributed by atoms with E-state index in [0.717, 1.165) is 41.2 Å². The number of carbonyl (C=O) groups is 1. The molecule has 1 saturated carbocycles. The number of rotatable bonds is 9. The molecule has 1 aliphatic carbocycles. The number of methoxy groups -OCH3 is 1. The minimum atomic E-state index is -0.120. The largest absolute Gasteiger partial charge is 0.493 e. The smallest absolute Gasteiger partial charge is 0.262 e. The maximum atomic E-state index is 13.7. The molecule has 182 valence electrons. The van der Waals surface area contributed by atoms with Crippen molar-refractivity contribution in [3.8, 4) is 11.5 Å². The number of hydrogen-bond donors (Lipinski definition) is 1. The van der Waals surface area contributed by atoms with Crippen LogP contribution in [0.3, 0.4) is 0 Å². The molecule has 1 amide bonds. The lowest BCUT2D eigenvalue weighted by molar-refractivity contribution is -0.129. The van der Waals surface area contributed by atoms with Crippen molar-refractivity contribution < 1.29 is 14.3 Å². The van der Waals surface area contributed by atoms with Crippen LogP contribution in [-0.4, -0.2) is 36.1 Å². The molecule has 5 nitrogen and oxygen atoms in total. The Morgan fingerprint density at radius 2 is 1.91 bits per heavy atom. The lowest BCUT2D eigenvalue weighted by atomic mass is 9.85. The second-order valence-electron chi connectivity index (χ2n) is 9.14. The van der Waals surface area contributed by atoms with E-state index in [-0.39, 0.29) is 17.4 Å². The van der Waals surface area contributed by atoms with Crippen molar-refractivity contribution in [2.24, 2.45) is 5.92 Å². The third-order valence-corrected chi connectivity index (χ3v) is 7.78. The van der Waals surface area contributed by atoms with Crippen LogP contribution in [0.1, 0.15) is 57.9 Å². The van der Waals surface area contributed by atoms with E-state index in [2.05, 4.69) is 36.2 Å². The summed E-state index contributed by atoms with van der Waals surface area (Å²) in [6, 6.07) is 16.3. The summed E-state index contributed by atoms with van der Waals surface area (Å²) in [4.78, 5) is 16.5. The van der Waals surface area contributed by atoms with E-state index in [0.29, 0.717) is 18.3 Å². The van der Waals surface area contributed by atoms with E-state index < -0.39 is 0 Å². The molecule has 2 fully saturated rings. The zero-order valence-electron chi connectivity index (χ0n) is 20.5. The molecule has 0 aromatic heterocycles. The Morgan fingerprint density at radius 1 is 1.12 bits per heavy atom. The molecule has 6 heteroatoms. The van der Waals surface area contributed by atoms with Gasteiger partial charge in [-0.25, -0.2) is 0 Å². The van der Waals surface area contributed by atoms with Gasteiger partial charge in [0.25, 0.3) is 5.91 Å². The van der Waals surface area contributed by atoms with Crippen LogP contribution in [0.2, 0.25) is 0 Å². The second-order valence-corrected chi connectivity index (χ2v) is 10.3. The maximum Gasteiger partial charge on any atom is 0.262 e. The summed E-state index contributed by atoms with van der Waals surface area (Å²) in [6.45, 7) is 5.09. The Kier molecular flexibility index (Phi) is 8.44. The van der Waals surface area contributed by atoms with Gasteiger partial charge in [0.15, 0.2) is 17.0 Å². The quantitative estimate of drug-likeness (QED) is 0.317. The zero-order valence-corrected chi connectivity index (χ0v) is 21.3. The van der Waals surface area contributed by atoms with E-state index in [4.69, 9.17) is 9.47 Å². The minimum Gasteiger partial charge on any atom is -0.493 e. The van der Waals surface area contributed by atoms with Crippen LogP contribution in [-0.2, 0) is 4.79 Å². The number of benzene rings is 2. The molecule has 2 aromatic carbocycles. The molecule has 0 spiro atoms. The average molecular weight is 481 g/mol. The summed E-state index contributed by atoms with van der Waals surface area (Å²) in [5.74, 6) is 2.04. The monoisotopic (exact) mass is 480 g/mol. The highest BCUT2D eigenvalue weighted by molar-refractivity contribution is 8.05. The molecule has 34 heavy (non-hydrogen) atoms. The molecule has 1 aliphatic heterocycles. The summed E-state index contributed by atoms with van der Waals surface area (Å²) < 4.78 is 11.4. The van der Waals surface area contributed by atoms with Crippen LogP contribution < -0.4 is 14.8 Å². The normalized spacial score (nSPS) is 23.9. The molecule has 4 rings (SSSR count). The molecule has 3 atom stereocenters. The number of carbonyl (C=O) groups excluding carboxylic acids is 1. The standard InChI is InChI=1S/C28H36N2O3S/c1-4-5-17-33-24-16-15-21(18-25(24)32-3)19-26-27(31)30(23-14-10-9-11-20(23)2)28(34-26)29-22-12-7-6-8-13-22/h6-8,12-13,15-16,18-20,23,28-29H,4-5,9-11,14,17H2,1-3H3/b26-19-/t20-,23+,28?/m0/s1. The molecular weight excluding hydrogens is 444 g/mol. The fraction of sp³-hybridized carbons (Fsp3) is 0.464. The number of unbranched alkanes of at least 4 members (excludes halogenated alkanes) is 1. The van der Waals surface area contributed by atoms with Gasteiger partial charge in [0.1, 0.15) is 0 Å². The predicted octanol–water partition coefficient (Wildman–Crippen LogP) is 6.76. The number of anilines is 1. The fourth-order valence-electron chi connectivity index (χ4n) is 4.74. The van der Waals surface area contributed by atoms with Crippen molar-refractivity contribution in [2.75, 3.05) is 19.0 Å². The van der Waals surface area contributed by atoms with Crippen molar-refractivity contribution in [1.29, 1.82) is 0 Å². The average Bonchev–Trinajstić information content (AvgIpc) is 3.15. The summed E-state index contributed by atoms with van der Waals surface area (Å²) in [5.41, 5.74) is 1.84. The molecule has 0 radical (unpaired) electrons. The lowest BCUT2D eigenvalue weighted by Crippen LogP contribution is -2.48. The predicted molar refractivity (Wildman–Crippen MR) is 141 cm³/mol. The van der Waals surface area contributed by atoms with Crippen molar-refractivity contribution >= 4 is 29.4 Å². The number of hydrogen-bond acceptors (Lipinski definition) is 5. The highest BCUT2D eigenvalue weighted by atomic mass is 32.2. The second kappa shape index (κ2) is 11.7. The Hall–Kier alpha value is -2.60. The number of para-hydroxylation sites is 1. The van der Waals surface area contributed by atoms with Gasteiger partial charge in [-0.05, 0) is 61.1 Å². The summed E-state index contributed by atoms with van der Waals surface area (Å²) in [6.07, 6.45) is 8.73. The van der Waals surface area contributed by atoms with Crippen molar-refractivity contribution in [3.05, 3.63) is 59.0 Å². The first-order valence-electron chi connectivity index (χ1n) is 12.4. The van der Waals surface area contributed by atoms with E-state index in [1.54, 1.807) is 18.9 Å². The lowest BCUT2D eigenvalue weighted by Gasteiger charge is -2.39. The van der Waals surface area contributed by atoms with E-state index in [1.807, 2.05) is 42.5 Å².